The van der Waals surface area contributed by atoms with Gasteiger partial charge in [0.1, 0.15) is 11.5 Å². The van der Waals surface area contributed by atoms with Gasteiger partial charge in [-0.05, 0) is 17.7 Å². The standard InChI is InChI=1S/C13H15ClO2/c1-8(2)12(15)7-10-6-11(14)5-9-3-4-16-13(9)10/h5-6,8H,3-4,7H2,1-2H3. The van der Waals surface area contributed by atoms with Crippen LogP contribution in [-0.4, -0.2) is 12.4 Å². The molecule has 0 saturated heterocycles. The second-order valence-corrected chi connectivity index (χ2v) is 4.89. The second kappa shape index (κ2) is 4.46. The molecule has 0 spiro atoms. The van der Waals surface area contributed by atoms with Gasteiger partial charge in [-0.3, -0.25) is 4.79 Å². The molecule has 0 unspecified atom stereocenters. The molecule has 86 valence electrons. The van der Waals surface area contributed by atoms with E-state index in [0.717, 1.165) is 23.3 Å². The lowest BCUT2D eigenvalue weighted by Crippen LogP contribution is -2.10. The predicted molar refractivity (Wildman–Crippen MR) is 64.2 cm³/mol. The van der Waals surface area contributed by atoms with Crippen molar-refractivity contribution in [1.29, 1.82) is 0 Å². The molecule has 0 saturated carbocycles. The van der Waals surface area contributed by atoms with Crippen LogP contribution in [0.4, 0.5) is 0 Å². The Bertz CT molecular complexity index is 424. The van der Waals surface area contributed by atoms with Gasteiger partial charge >= 0.3 is 0 Å². The lowest BCUT2D eigenvalue weighted by atomic mass is 9.98. The first-order valence-corrected chi connectivity index (χ1v) is 5.92. The number of fused-ring (bicyclic) bond motifs is 1. The zero-order valence-corrected chi connectivity index (χ0v) is 10.3. The molecule has 2 nitrogen and oxygen atoms in total. The number of carbonyl (C=O) groups excluding carboxylic acids is 1. The largest absolute Gasteiger partial charge is 0.493 e. The fourth-order valence-corrected chi connectivity index (χ4v) is 2.13. The number of carbonyl (C=O) groups is 1. The Morgan fingerprint density at radius 2 is 2.25 bits per heavy atom. The third-order valence-electron chi connectivity index (χ3n) is 2.83. The van der Waals surface area contributed by atoms with Crippen LogP contribution in [0.3, 0.4) is 0 Å². The van der Waals surface area contributed by atoms with E-state index in [-0.39, 0.29) is 11.7 Å². The van der Waals surface area contributed by atoms with Gasteiger partial charge in [0.25, 0.3) is 0 Å². The van der Waals surface area contributed by atoms with Gasteiger partial charge in [0, 0.05) is 29.3 Å². The Morgan fingerprint density at radius 1 is 1.50 bits per heavy atom. The van der Waals surface area contributed by atoms with E-state index in [4.69, 9.17) is 16.3 Å². The van der Waals surface area contributed by atoms with Crippen molar-refractivity contribution in [3.63, 3.8) is 0 Å². The monoisotopic (exact) mass is 238 g/mol. The topological polar surface area (TPSA) is 26.3 Å². The predicted octanol–water partition coefficient (Wildman–Crippen LogP) is 3.04. The van der Waals surface area contributed by atoms with Gasteiger partial charge in [-0.15, -0.1) is 0 Å². The lowest BCUT2D eigenvalue weighted by molar-refractivity contribution is -0.121. The van der Waals surface area contributed by atoms with Crippen LogP contribution in [0.25, 0.3) is 0 Å². The SMILES string of the molecule is CC(C)C(=O)Cc1cc(Cl)cc2c1OCC2. The van der Waals surface area contributed by atoms with Crippen LogP contribution in [0.1, 0.15) is 25.0 Å². The van der Waals surface area contributed by atoms with Crippen LogP contribution in [0.2, 0.25) is 5.02 Å². The lowest BCUT2D eigenvalue weighted by Gasteiger charge is -2.09. The number of Topliss-reactive ketones (excluding diaryl/α,β-unsaturated/α-hetero) is 1. The molecule has 1 heterocycles. The van der Waals surface area contributed by atoms with Gasteiger partial charge in [0.2, 0.25) is 0 Å². The fourth-order valence-electron chi connectivity index (χ4n) is 1.87. The summed E-state index contributed by atoms with van der Waals surface area (Å²) in [6.45, 7) is 4.51. The molecule has 16 heavy (non-hydrogen) atoms. The van der Waals surface area contributed by atoms with E-state index in [1.807, 2.05) is 26.0 Å². The summed E-state index contributed by atoms with van der Waals surface area (Å²) in [5, 5.41) is 0.691. The van der Waals surface area contributed by atoms with Gasteiger partial charge in [-0.2, -0.15) is 0 Å². The quantitative estimate of drug-likeness (QED) is 0.809. The smallest absolute Gasteiger partial charge is 0.139 e. The van der Waals surface area contributed by atoms with Crippen molar-refractivity contribution in [3.05, 3.63) is 28.3 Å². The van der Waals surface area contributed by atoms with Crippen molar-refractivity contribution in [1.82, 2.24) is 0 Å². The second-order valence-electron chi connectivity index (χ2n) is 4.45. The maximum atomic E-state index is 11.7. The highest BCUT2D eigenvalue weighted by molar-refractivity contribution is 6.30. The molecule has 1 aliphatic rings. The van der Waals surface area contributed by atoms with Gasteiger partial charge in [0.15, 0.2) is 0 Å². The first-order chi connectivity index (χ1) is 7.58. The van der Waals surface area contributed by atoms with Crippen molar-refractivity contribution < 1.29 is 9.53 Å². The molecular formula is C13H15ClO2. The summed E-state index contributed by atoms with van der Waals surface area (Å²) in [4.78, 5) is 11.7. The van der Waals surface area contributed by atoms with E-state index in [1.54, 1.807) is 0 Å². The molecule has 0 bridgehead atoms. The molecular weight excluding hydrogens is 224 g/mol. The molecule has 0 aliphatic carbocycles. The molecule has 0 atom stereocenters. The summed E-state index contributed by atoms with van der Waals surface area (Å²) < 4.78 is 5.55. The molecule has 0 aromatic heterocycles. The summed E-state index contributed by atoms with van der Waals surface area (Å²) >= 11 is 6.02. The first-order valence-electron chi connectivity index (χ1n) is 5.54. The Kier molecular flexibility index (Phi) is 3.20. The minimum absolute atomic E-state index is 0.0519. The van der Waals surface area contributed by atoms with Crippen molar-refractivity contribution in [3.8, 4) is 5.75 Å². The van der Waals surface area contributed by atoms with Gasteiger partial charge < -0.3 is 4.74 Å². The molecule has 1 aliphatic heterocycles. The highest BCUT2D eigenvalue weighted by atomic mass is 35.5. The number of ether oxygens (including phenoxy) is 1. The third kappa shape index (κ3) is 2.22. The number of hydrogen-bond donors (Lipinski definition) is 0. The molecule has 0 radical (unpaired) electrons. The minimum atomic E-state index is 0.0519. The highest BCUT2D eigenvalue weighted by Gasteiger charge is 2.20. The van der Waals surface area contributed by atoms with E-state index in [1.165, 1.54) is 0 Å². The van der Waals surface area contributed by atoms with Crippen molar-refractivity contribution in [2.75, 3.05) is 6.61 Å². The number of rotatable bonds is 3. The van der Waals surface area contributed by atoms with Crippen LogP contribution < -0.4 is 4.74 Å². The fraction of sp³-hybridized carbons (Fsp3) is 0.462. The molecule has 0 amide bonds. The molecule has 0 fully saturated rings. The average Bonchev–Trinajstić information content (AvgIpc) is 2.65. The highest BCUT2D eigenvalue weighted by Crippen LogP contribution is 2.33. The number of halogens is 1. The number of benzene rings is 1. The van der Waals surface area contributed by atoms with Gasteiger partial charge in [0.05, 0.1) is 6.61 Å². The van der Waals surface area contributed by atoms with Crippen LogP contribution >= 0.6 is 11.6 Å². The van der Waals surface area contributed by atoms with Gasteiger partial charge in [-0.1, -0.05) is 25.4 Å². The van der Waals surface area contributed by atoms with Crippen LogP contribution in [-0.2, 0) is 17.6 Å². The summed E-state index contributed by atoms with van der Waals surface area (Å²) in [6.07, 6.45) is 1.30. The molecule has 1 aromatic rings. The Hall–Kier alpha value is -1.02. The zero-order chi connectivity index (χ0) is 11.7. The van der Waals surface area contributed by atoms with E-state index in [0.29, 0.717) is 18.1 Å². The van der Waals surface area contributed by atoms with Gasteiger partial charge in [-0.25, -0.2) is 0 Å². The average molecular weight is 239 g/mol. The van der Waals surface area contributed by atoms with Crippen molar-refractivity contribution in [2.45, 2.75) is 26.7 Å². The Labute approximate surface area is 101 Å². The van der Waals surface area contributed by atoms with E-state index >= 15 is 0 Å². The molecule has 1 aromatic carbocycles. The zero-order valence-electron chi connectivity index (χ0n) is 9.55. The van der Waals surface area contributed by atoms with Crippen molar-refractivity contribution in [2.24, 2.45) is 5.92 Å². The Balaban J connectivity index is 2.30. The number of hydrogen-bond acceptors (Lipinski definition) is 2. The van der Waals surface area contributed by atoms with E-state index in [2.05, 4.69) is 0 Å². The maximum absolute atomic E-state index is 11.7. The third-order valence-corrected chi connectivity index (χ3v) is 3.05. The van der Waals surface area contributed by atoms with E-state index in [9.17, 15) is 4.79 Å². The molecule has 0 N–H and O–H groups in total. The summed E-state index contributed by atoms with van der Waals surface area (Å²) in [7, 11) is 0. The van der Waals surface area contributed by atoms with E-state index < -0.39 is 0 Å². The summed E-state index contributed by atoms with van der Waals surface area (Å²) in [5.41, 5.74) is 2.05. The van der Waals surface area contributed by atoms with Crippen LogP contribution in [0.15, 0.2) is 12.1 Å². The maximum Gasteiger partial charge on any atom is 0.139 e. The summed E-state index contributed by atoms with van der Waals surface area (Å²) in [5.74, 6) is 1.15. The Morgan fingerprint density at radius 3 is 2.94 bits per heavy atom. The number of ketones is 1. The molecule has 3 heteroatoms. The summed E-state index contributed by atoms with van der Waals surface area (Å²) in [6, 6.07) is 3.76. The van der Waals surface area contributed by atoms with Crippen molar-refractivity contribution >= 4 is 17.4 Å². The molecule has 2 rings (SSSR count). The van der Waals surface area contributed by atoms with Crippen LogP contribution in [0.5, 0.6) is 5.75 Å². The first kappa shape index (κ1) is 11.5. The minimum Gasteiger partial charge on any atom is -0.493 e. The van der Waals surface area contributed by atoms with Crippen LogP contribution in [0, 0.1) is 5.92 Å². The normalized spacial score (nSPS) is 13.8.